The summed E-state index contributed by atoms with van der Waals surface area (Å²) in [6, 6.07) is 8.18. The number of fused-ring (bicyclic) bond motifs is 1. The summed E-state index contributed by atoms with van der Waals surface area (Å²) in [5, 5.41) is 1.12. The topological polar surface area (TPSA) is 29.0 Å². The van der Waals surface area contributed by atoms with Gasteiger partial charge in [-0.15, -0.1) is 0 Å². The molecule has 1 unspecified atom stereocenters. The Labute approximate surface area is 103 Å². The first-order valence-electron chi connectivity index (χ1n) is 6.07. The fraction of sp³-hybridized carbons (Fsp3) is 0.429. The van der Waals surface area contributed by atoms with Gasteiger partial charge in [0.05, 0.1) is 5.52 Å². The molecular formula is C14H19N3. The van der Waals surface area contributed by atoms with Gasteiger partial charge in [0.25, 0.3) is 0 Å². The quantitative estimate of drug-likeness (QED) is 0.809. The molecule has 0 N–H and O–H groups in total. The summed E-state index contributed by atoms with van der Waals surface area (Å²) in [7, 11) is 4.05. The van der Waals surface area contributed by atoms with Crippen LogP contribution in [0.2, 0.25) is 0 Å². The van der Waals surface area contributed by atoms with Crippen molar-refractivity contribution in [2.75, 3.05) is 19.0 Å². The predicted molar refractivity (Wildman–Crippen MR) is 72.6 cm³/mol. The second kappa shape index (κ2) is 4.70. The van der Waals surface area contributed by atoms with Crippen molar-refractivity contribution in [3.63, 3.8) is 0 Å². The van der Waals surface area contributed by atoms with Gasteiger partial charge in [-0.25, -0.2) is 9.97 Å². The number of aromatic nitrogens is 2. The summed E-state index contributed by atoms with van der Waals surface area (Å²) in [6.45, 7) is 4.34. The van der Waals surface area contributed by atoms with E-state index in [0.717, 1.165) is 29.0 Å². The highest BCUT2D eigenvalue weighted by atomic mass is 15.2. The van der Waals surface area contributed by atoms with E-state index in [9.17, 15) is 0 Å². The molecule has 2 aromatic rings. The van der Waals surface area contributed by atoms with Gasteiger partial charge < -0.3 is 4.90 Å². The van der Waals surface area contributed by atoms with Crippen molar-refractivity contribution in [3.8, 4) is 0 Å². The van der Waals surface area contributed by atoms with E-state index in [2.05, 4.69) is 40.8 Å². The zero-order valence-electron chi connectivity index (χ0n) is 10.9. The number of benzene rings is 1. The molecule has 0 amide bonds. The van der Waals surface area contributed by atoms with Crippen molar-refractivity contribution in [3.05, 3.63) is 30.1 Å². The van der Waals surface area contributed by atoms with Crippen molar-refractivity contribution in [1.82, 2.24) is 9.97 Å². The van der Waals surface area contributed by atoms with Crippen LogP contribution in [-0.2, 0) is 0 Å². The third kappa shape index (κ3) is 2.23. The molecule has 0 bridgehead atoms. The second-order valence-corrected chi connectivity index (χ2v) is 4.63. The number of hydrogen-bond acceptors (Lipinski definition) is 3. The number of rotatable bonds is 3. The SMILES string of the molecule is CCC(C)c1nc(N(C)C)c2ccccc2n1. The normalized spacial score (nSPS) is 12.7. The monoisotopic (exact) mass is 229 g/mol. The minimum absolute atomic E-state index is 0.401. The minimum Gasteiger partial charge on any atom is -0.362 e. The average Bonchev–Trinajstić information content (AvgIpc) is 2.36. The minimum atomic E-state index is 0.401. The number of nitrogens with zero attached hydrogens (tertiary/aromatic N) is 3. The molecule has 0 aliphatic carbocycles. The van der Waals surface area contributed by atoms with E-state index in [1.807, 2.05) is 26.2 Å². The Morgan fingerprint density at radius 2 is 1.88 bits per heavy atom. The summed E-state index contributed by atoms with van der Waals surface area (Å²) in [5.74, 6) is 2.35. The molecule has 0 radical (unpaired) electrons. The lowest BCUT2D eigenvalue weighted by atomic mass is 10.1. The fourth-order valence-electron chi connectivity index (χ4n) is 1.82. The highest BCUT2D eigenvalue weighted by Crippen LogP contribution is 2.25. The zero-order chi connectivity index (χ0) is 12.4. The summed E-state index contributed by atoms with van der Waals surface area (Å²) in [4.78, 5) is 11.4. The van der Waals surface area contributed by atoms with Crippen molar-refractivity contribution >= 4 is 16.7 Å². The summed E-state index contributed by atoms with van der Waals surface area (Å²) < 4.78 is 0. The second-order valence-electron chi connectivity index (χ2n) is 4.63. The Hall–Kier alpha value is -1.64. The molecule has 1 aromatic heterocycles. The van der Waals surface area contributed by atoms with Crippen LogP contribution in [0.25, 0.3) is 10.9 Å². The largest absolute Gasteiger partial charge is 0.362 e. The molecule has 0 spiro atoms. The van der Waals surface area contributed by atoms with Gasteiger partial charge in [0, 0.05) is 25.4 Å². The van der Waals surface area contributed by atoms with Crippen molar-refractivity contribution < 1.29 is 0 Å². The molecule has 0 saturated heterocycles. The third-order valence-electron chi connectivity index (χ3n) is 3.08. The van der Waals surface area contributed by atoms with Crippen LogP contribution in [0.5, 0.6) is 0 Å². The van der Waals surface area contributed by atoms with Gasteiger partial charge >= 0.3 is 0 Å². The van der Waals surface area contributed by atoms with Crippen LogP contribution in [0.1, 0.15) is 32.0 Å². The van der Waals surface area contributed by atoms with Gasteiger partial charge in [-0.1, -0.05) is 26.0 Å². The van der Waals surface area contributed by atoms with E-state index in [4.69, 9.17) is 0 Å². The highest BCUT2D eigenvalue weighted by molar-refractivity contribution is 5.89. The molecule has 90 valence electrons. The van der Waals surface area contributed by atoms with Crippen LogP contribution < -0.4 is 4.90 Å². The fourth-order valence-corrected chi connectivity index (χ4v) is 1.82. The highest BCUT2D eigenvalue weighted by Gasteiger charge is 2.12. The Balaban J connectivity index is 2.67. The van der Waals surface area contributed by atoms with Crippen LogP contribution in [0.15, 0.2) is 24.3 Å². The predicted octanol–water partition coefficient (Wildman–Crippen LogP) is 3.21. The summed E-state index contributed by atoms with van der Waals surface area (Å²) in [6.07, 6.45) is 1.06. The van der Waals surface area contributed by atoms with Crippen molar-refractivity contribution in [2.45, 2.75) is 26.2 Å². The maximum absolute atomic E-state index is 4.69. The van der Waals surface area contributed by atoms with E-state index >= 15 is 0 Å². The van der Waals surface area contributed by atoms with Gasteiger partial charge in [0.1, 0.15) is 11.6 Å². The van der Waals surface area contributed by atoms with E-state index in [1.165, 1.54) is 0 Å². The smallest absolute Gasteiger partial charge is 0.139 e. The summed E-state index contributed by atoms with van der Waals surface area (Å²) >= 11 is 0. The van der Waals surface area contributed by atoms with E-state index < -0.39 is 0 Å². The first-order chi connectivity index (χ1) is 8.13. The molecule has 0 fully saturated rings. The molecular weight excluding hydrogens is 210 g/mol. The molecule has 0 aliphatic rings. The van der Waals surface area contributed by atoms with Crippen molar-refractivity contribution in [2.24, 2.45) is 0 Å². The van der Waals surface area contributed by atoms with E-state index in [1.54, 1.807) is 0 Å². The average molecular weight is 229 g/mol. The van der Waals surface area contributed by atoms with Gasteiger partial charge in [-0.2, -0.15) is 0 Å². The van der Waals surface area contributed by atoms with Crippen LogP contribution in [-0.4, -0.2) is 24.1 Å². The molecule has 0 saturated carbocycles. The maximum Gasteiger partial charge on any atom is 0.139 e. The molecule has 1 aromatic carbocycles. The first-order valence-corrected chi connectivity index (χ1v) is 6.07. The van der Waals surface area contributed by atoms with Gasteiger partial charge in [-0.05, 0) is 18.6 Å². The third-order valence-corrected chi connectivity index (χ3v) is 3.08. The molecule has 0 aliphatic heterocycles. The van der Waals surface area contributed by atoms with Crippen molar-refractivity contribution in [1.29, 1.82) is 0 Å². The molecule has 1 heterocycles. The Morgan fingerprint density at radius 1 is 1.18 bits per heavy atom. The lowest BCUT2D eigenvalue weighted by Gasteiger charge is -2.17. The van der Waals surface area contributed by atoms with Gasteiger partial charge in [0.15, 0.2) is 0 Å². The summed E-state index contributed by atoms with van der Waals surface area (Å²) in [5.41, 5.74) is 1.03. The van der Waals surface area contributed by atoms with Crippen LogP contribution in [0, 0.1) is 0 Å². The van der Waals surface area contributed by atoms with Crippen LogP contribution in [0.4, 0.5) is 5.82 Å². The Bertz CT molecular complexity index is 520. The molecule has 3 heteroatoms. The molecule has 17 heavy (non-hydrogen) atoms. The van der Waals surface area contributed by atoms with Crippen LogP contribution >= 0.6 is 0 Å². The molecule has 2 rings (SSSR count). The van der Waals surface area contributed by atoms with E-state index in [-0.39, 0.29) is 0 Å². The zero-order valence-corrected chi connectivity index (χ0v) is 10.9. The number of hydrogen-bond donors (Lipinski definition) is 0. The lowest BCUT2D eigenvalue weighted by molar-refractivity contribution is 0.682. The molecule has 3 nitrogen and oxygen atoms in total. The van der Waals surface area contributed by atoms with E-state index in [0.29, 0.717) is 5.92 Å². The standard InChI is InChI=1S/C14H19N3/c1-5-10(2)13-15-12-9-7-6-8-11(12)14(16-13)17(3)4/h6-10H,5H2,1-4H3. The maximum atomic E-state index is 4.69. The lowest BCUT2D eigenvalue weighted by Crippen LogP contribution is -2.14. The first kappa shape index (κ1) is 11.8. The van der Waals surface area contributed by atoms with Gasteiger partial charge in [0.2, 0.25) is 0 Å². The Morgan fingerprint density at radius 3 is 2.53 bits per heavy atom. The molecule has 1 atom stereocenters. The van der Waals surface area contributed by atoms with Crippen LogP contribution in [0.3, 0.4) is 0 Å². The Kier molecular flexibility index (Phi) is 3.27. The number of para-hydroxylation sites is 1. The van der Waals surface area contributed by atoms with Gasteiger partial charge in [-0.3, -0.25) is 0 Å². The number of anilines is 1.